The third kappa shape index (κ3) is 35.0. The molecule has 0 amide bonds. The number of rotatable bonds is 38. The molecule has 0 saturated carbocycles. The van der Waals surface area contributed by atoms with Gasteiger partial charge in [0.15, 0.2) is 12.1 Å². The summed E-state index contributed by atoms with van der Waals surface area (Å²) in [4.78, 5) is 36.9. The van der Waals surface area contributed by atoms with Crippen LogP contribution in [-0.2, 0) is 28.6 Å². The average Bonchev–Trinajstić information content (AvgIpc) is 3.11. The highest BCUT2D eigenvalue weighted by atomic mass is 16.6. The van der Waals surface area contributed by atoms with Crippen molar-refractivity contribution in [1.82, 2.24) is 0 Å². The van der Waals surface area contributed by atoms with Gasteiger partial charge in [0.2, 0.25) is 0 Å². The minimum absolute atomic E-state index is 0.0513. The summed E-state index contributed by atoms with van der Waals surface area (Å²) in [5.74, 6) is -1.50. The molecule has 2 unspecified atom stereocenters. The first-order valence-corrected chi connectivity index (χ1v) is 21.5. The van der Waals surface area contributed by atoms with Crippen molar-refractivity contribution in [3.8, 4) is 0 Å². The Bertz CT molecular complexity index is 968. The van der Waals surface area contributed by atoms with E-state index in [-0.39, 0.29) is 36.2 Å². The monoisotopic (exact) mass is 749 g/mol. The van der Waals surface area contributed by atoms with Gasteiger partial charge in [-0.2, -0.15) is 0 Å². The summed E-state index contributed by atoms with van der Waals surface area (Å²) in [7, 11) is 5.51. The molecule has 0 fully saturated rings. The topological polar surface area (TPSA) is 99.1 Å². The summed E-state index contributed by atoms with van der Waals surface area (Å²) in [6.45, 7) is 4.60. The molecular formula is C45H82NO7+. The third-order valence-corrected chi connectivity index (χ3v) is 9.55. The van der Waals surface area contributed by atoms with Crippen LogP contribution in [0.4, 0.5) is 0 Å². The molecule has 0 aromatic carbocycles. The van der Waals surface area contributed by atoms with Gasteiger partial charge in [-0.25, -0.2) is 4.79 Å². The fraction of sp³-hybridized carbons (Fsp3) is 0.800. The number of aliphatic carboxylic acids is 1. The molecule has 0 saturated heterocycles. The molecule has 0 bridgehead atoms. The molecule has 2 atom stereocenters. The van der Waals surface area contributed by atoms with Gasteiger partial charge in [0.05, 0.1) is 34.4 Å². The maximum atomic E-state index is 12.7. The quantitative estimate of drug-likeness (QED) is 0.0290. The van der Waals surface area contributed by atoms with Gasteiger partial charge in [0.25, 0.3) is 0 Å². The Morgan fingerprint density at radius 3 is 1.57 bits per heavy atom. The lowest BCUT2D eigenvalue weighted by molar-refractivity contribution is -0.887. The summed E-state index contributed by atoms with van der Waals surface area (Å²) in [6.07, 6.45) is 40.4. The van der Waals surface area contributed by atoms with Crippen LogP contribution in [0.1, 0.15) is 181 Å². The van der Waals surface area contributed by atoms with Crippen molar-refractivity contribution in [3.63, 3.8) is 0 Å². The molecule has 0 rings (SSSR count). The summed E-state index contributed by atoms with van der Waals surface area (Å²) < 4.78 is 17.2. The minimum atomic E-state index is -0.880. The van der Waals surface area contributed by atoms with Crippen LogP contribution in [0.2, 0.25) is 0 Å². The molecule has 0 aliphatic heterocycles. The van der Waals surface area contributed by atoms with Crippen LogP contribution in [0.25, 0.3) is 0 Å². The first-order chi connectivity index (χ1) is 25.6. The lowest BCUT2D eigenvalue weighted by atomic mass is 10.0. The van der Waals surface area contributed by atoms with Crippen molar-refractivity contribution in [2.45, 2.75) is 193 Å². The first kappa shape index (κ1) is 50.5. The summed E-state index contributed by atoms with van der Waals surface area (Å²) in [6, 6.07) is -0.618. The number of carbonyl (C=O) groups is 3. The van der Waals surface area contributed by atoms with Gasteiger partial charge in [0, 0.05) is 19.3 Å². The number of allylic oxidation sites excluding steroid dienone is 6. The lowest BCUT2D eigenvalue weighted by Crippen LogP contribution is -2.50. The number of likely N-dealkylation sites (N-methyl/N-ethyl adjacent to an activating group) is 1. The van der Waals surface area contributed by atoms with E-state index in [1.807, 2.05) is 21.1 Å². The van der Waals surface area contributed by atoms with Crippen LogP contribution in [0, 0.1) is 0 Å². The fourth-order valence-corrected chi connectivity index (χ4v) is 6.22. The predicted molar refractivity (Wildman–Crippen MR) is 220 cm³/mol. The fourth-order valence-electron chi connectivity index (χ4n) is 6.22. The second-order valence-corrected chi connectivity index (χ2v) is 15.6. The number of unbranched alkanes of at least 4 members (excludes halogenated alkanes) is 18. The summed E-state index contributed by atoms with van der Waals surface area (Å²) in [5.41, 5.74) is 0. The van der Waals surface area contributed by atoms with E-state index in [4.69, 9.17) is 14.2 Å². The highest BCUT2D eigenvalue weighted by Gasteiger charge is 2.31. The number of quaternary nitrogens is 1. The van der Waals surface area contributed by atoms with Gasteiger partial charge in [0.1, 0.15) is 6.61 Å². The molecule has 0 heterocycles. The normalized spacial score (nSPS) is 13.3. The molecule has 0 aliphatic rings. The van der Waals surface area contributed by atoms with Crippen LogP contribution in [-0.4, -0.2) is 80.6 Å². The standard InChI is InChI=1S/C45H81NO7/c1-6-8-10-12-14-16-18-20-21-22-24-25-27-29-31-33-35-43(47)52-40-41(39-51-38-37-42(45(49)50)46(3,4)5)53-44(48)36-34-32-30-28-26-23-19-17-15-13-11-9-7-2/h9,11,15,17,23,26,41-42H,6-8,10,12-14,16,18-22,24-25,27-40H2,1-5H3/p+1/b11-9-,17-15-,26-23-. The Morgan fingerprint density at radius 2 is 1.06 bits per heavy atom. The highest BCUT2D eigenvalue weighted by molar-refractivity contribution is 5.72. The number of hydrogen-bond donors (Lipinski definition) is 1. The molecule has 0 aromatic rings. The minimum Gasteiger partial charge on any atom is -0.477 e. The molecule has 0 aliphatic carbocycles. The molecule has 8 heteroatoms. The first-order valence-electron chi connectivity index (χ1n) is 21.5. The van der Waals surface area contributed by atoms with Crippen molar-refractivity contribution in [2.24, 2.45) is 0 Å². The molecule has 0 spiro atoms. The Balaban J connectivity index is 4.36. The number of carbonyl (C=O) groups excluding carboxylic acids is 2. The van der Waals surface area contributed by atoms with E-state index in [9.17, 15) is 19.5 Å². The van der Waals surface area contributed by atoms with E-state index in [1.54, 1.807) is 0 Å². The van der Waals surface area contributed by atoms with Crippen LogP contribution >= 0.6 is 0 Å². The Morgan fingerprint density at radius 1 is 0.585 bits per heavy atom. The predicted octanol–water partition coefficient (Wildman–Crippen LogP) is 11.5. The Hall–Kier alpha value is -2.45. The largest absolute Gasteiger partial charge is 0.477 e. The van der Waals surface area contributed by atoms with E-state index < -0.39 is 18.1 Å². The van der Waals surface area contributed by atoms with Crippen LogP contribution in [0.15, 0.2) is 36.5 Å². The number of nitrogens with zero attached hydrogens (tertiary/aromatic N) is 1. The van der Waals surface area contributed by atoms with Crippen molar-refractivity contribution in [1.29, 1.82) is 0 Å². The number of carboxylic acid groups (broad SMARTS) is 1. The van der Waals surface area contributed by atoms with E-state index in [0.29, 0.717) is 19.3 Å². The smallest absolute Gasteiger partial charge is 0.362 e. The average molecular weight is 749 g/mol. The molecule has 53 heavy (non-hydrogen) atoms. The van der Waals surface area contributed by atoms with Gasteiger partial charge in [-0.3, -0.25) is 9.59 Å². The second-order valence-electron chi connectivity index (χ2n) is 15.6. The molecule has 308 valence electrons. The summed E-state index contributed by atoms with van der Waals surface area (Å²) >= 11 is 0. The van der Waals surface area contributed by atoms with Crippen molar-refractivity contribution >= 4 is 17.9 Å². The summed E-state index contributed by atoms with van der Waals surface area (Å²) in [5, 5.41) is 9.60. The van der Waals surface area contributed by atoms with Gasteiger partial charge in [-0.05, 0) is 44.9 Å². The number of esters is 2. The SMILES string of the molecule is CC/C=C\C/C=C\C/C=C\CCCCCC(=O)OC(COCCC(C(=O)O)[N+](C)(C)C)COC(=O)CCCCCCCCCCCCCCCCCC. The molecule has 0 aromatic heterocycles. The Labute approximate surface area is 325 Å². The van der Waals surface area contributed by atoms with E-state index in [0.717, 1.165) is 64.2 Å². The van der Waals surface area contributed by atoms with E-state index >= 15 is 0 Å². The van der Waals surface area contributed by atoms with Gasteiger partial charge in [-0.15, -0.1) is 0 Å². The Kier molecular flexibility index (Phi) is 34.8. The zero-order valence-corrected chi connectivity index (χ0v) is 35.0. The lowest BCUT2D eigenvalue weighted by Gasteiger charge is -2.31. The van der Waals surface area contributed by atoms with Crippen molar-refractivity contribution in [3.05, 3.63) is 36.5 Å². The third-order valence-electron chi connectivity index (χ3n) is 9.55. The van der Waals surface area contributed by atoms with Crippen LogP contribution in [0.5, 0.6) is 0 Å². The zero-order chi connectivity index (χ0) is 39.3. The van der Waals surface area contributed by atoms with E-state index in [1.165, 1.54) is 83.5 Å². The van der Waals surface area contributed by atoms with Gasteiger partial charge >= 0.3 is 17.9 Å². The zero-order valence-electron chi connectivity index (χ0n) is 35.0. The van der Waals surface area contributed by atoms with Gasteiger partial charge in [-0.1, -0.05) is 153 Å². The van der Waals surface area contributed by atoms with Crippen molar-refractivity contribution < 1.29 is 38.2 Å². The van der Waals surface area contributed by atoms with Crippen molar-refractivity contribution in [2.75, 3.05) is 41.0 Å². The number of ether oxygens (including phenoxy) is 3. The number of hydrogen-bond acceptors (Lipinski definition) is 6. The van der Waals surface area contributed by atoms with Crippen LogP contribution < -0.4 is 0 Å². The molecular weight excluding hydrogens is 666 g/mol. The molecule has 1 N–H and O–H groups in total. The maximum absolute atomic E-state index is 12.7. The van der Waals surface area contributed by atoms with Crippen LogP contribution in [0.3, 0.4) is 0 Å². The van der Waals surface area contributed by atoms with Gasteiger partial charge < -0.3 is 23.8 Å². The van der Waals surface area contributed by atoms with E-state index in [2.05, 4.69) is 50.3 Å². The molecule has 8 nitrogen and oxygen atoms in total. The maximum Gasteiger partial charge on any atom is 0.362 e. The number of carboxylic acids is 1. The second kappa shape index (κ2) is 36.5. The molecule has 0 radical (unpaired) electrons. The highest BCUT2D eigenvalue weighted by Crippen LogP contribution is 2.15.